The standard InChI is InChI=1S/C10H6ClN3O2/c11-8-3-1-2-7(4-8)10-12-5-9(6-13-10)14(15)16/h1-6H. The van der Waals surface area contributed by atoms with E-state index >= 15 is 0 Å². The minimum Gasteiger partial charge on any atom is -0.258 e. The first-order valence-corrected chi connectivity index (χ1v) is 4.77. The third-order valence-electron chi connectivity index (χ3n) is 1.93. The van der Waals surface area contributed by atoms with Gasteiger partial charge in [-0.25, -0.2) is 9.97 Å². The van der Waals surface area contributed by atoms with E-state index in [0.717, 1.165) is 5.56 Å². The van der Waals surface area contributed by atoms with Crippen LogP contribution in [0.1, 0.15) is 0 Å². The van der Waals surface area contributed by atoms with E-state index in [1.54, 1.807) is 24.3 Å². The van der Waals surface area contributed by atoms with Crippen molar-refractivity contribution >= 4 is 17.3 Å². The lowest BCUT2D eigenvalue weighted by Gasteiger charge is -1.99. The summed E-state index contributed by atoms with van der Waals surface area (Å²) >= 11 is 5.81. The van der Waals surface area contributed by atoms with Crippen LogP contribution in [0.4, 0.5) is 5.69 Å². The molecule has 0 aliphatic carbocycles. The van der Waals surface area contributed by atoms with Crippen LogP contribution in [-0.2, 0) is 0 Å². The molecule has 1 aromatic carbocycles. The molecule has 0 unspecified atom stereocenters. The van der Waals surface area contributed by atoms with E-state index < -0.39 is 4.92 Å². The van der Waals surface area contributed by atoms with E-state index in [4.69, 9.17) is 11.6 Å². The molecular formula is C10H6ClN3O2. The van der Waals surface area contributed by atoms with Gasteiger partial charge in [0.1, 0.15) is 12.4 Å². The molecule has 0 saturated carbocycles. The lowest BCUT2D eigenvalue weighted by molar-refractivity contribution is -0.385. The van der Waals surface area contributed by atoms with E-state index in [1.807, 2.05) is 0 Å². The van der Waals surface area contributed by atoms with Crippen LogP contribution in [0.5, 0.6) is 0 Å². The van der Waals surface area contributed by atoms with Gasteiger partial charge in [-0.15, -0.1) is 0 Å². The van der Waals surface area contributed by atoms with Crippen molar-refractivity contribution in [1.29, 1.82) is 0 Å². The van der Waals surface area contributed by atoms with E-state index in [-0.39, 0.29) is 5.69 Å². The number of rotatable bonds is 2. The highest BCUT2D eigenvalue weighted by Gasteiger charge is 2.07. The van der Waals surface area contributed by atoms with Crippen molar-refractivity contribution in [3.05, 3.63) is 51.8 Å². The van der Waals surface area contributed by atoms with E-state index in [2.05, 4.69) is 9.97 Å². The lowest BCUT2D eigenvalue weighted by Crippen LogP contribution is -1.93. The highest BCUT2D eigenvalue weighted by Crippen LogP contribution is 2.19. The van der Waals surface area contributed by atoms with Gasteiger partial charge in [0.2, 0.25) is 0 Å². The molecule has 1 aromatic heterocycles. The molecule has 0 spiro atoms. The summed E-state index contributed by atoms with van der Waals surface area (Å²) in [6.07, 6.45) is 2.34. The molecule has 80 valence electrons. The maximum atomic E-state index is 10.4. The first-order valence-electron chi connectivity index (χ1n) is 4.39. The Balaban J connectivity index is 2.38. The van der Waals surface area contributed by atoms with Gasteiger partial charge in [0.05, 0.1) is 4.92 Å². The van der Waals surface area contributed by atoms with Crippen LogP contribution in [-0.4, -0.2) is 14.9 Å². The summed E-state index contributed by atoms with van der Waals surface area (Å²) in [4.78, 5) is 17.7. The second-order valence-electron chi connectivity index (χ2n) is 3.03. The van der Waals surface area contributed by atoms with Crippen LogP contribution in [0.25, 0.3) is 11.4 Å². The lowest BCUT2D eigenvalue weighted by atomic mass is 10.2. The third-order valence-corrected chi connectivity index (χ3v) is 2.17. The third kappa shape index (κ3) is 2.14. The number of nitrogens with zero attached hydrogens (tertiary/aromatic N) is 3. The summed E-state index contributed by atoms with van der Waals surface area (Å²) in [5.74, 6) is 0.410. The number of benzene rings is 1. The first kappa shape index (κ1) is 10.5. The summed E-state index contributed by atoms with van der Waals surface area (Å²) in [6, 6.07) is 6.98. The maximum absolute atomic E-state index is 10.4. The van der Waals surface area contributed by atoms with Crippen LogP contribution in [0, 0.1) is 10.1 Å². The topological polar surface area (TPSA) is 68.9 Å². The molecule has 0 N–H and O–H groups in total. The van der Waals surface area contributed by atoms with Crippen molar-refractivity contribution in [2.75, 3.05) is 0 Å². The number of hydrogen-bond acceptors (Lipinski definition) is 4. The maximum Gasteiger partial charge on any atom is 0.305 e. The molecule has 1 heterocycles. The van der Waals surface area contributed by atoms with Crippen molar-refractivity contribution in [2.24, 2.45) is 0 Å². The van der Waals surface area contributed by atoms with Gasteiger partial charge in [-0.1, -0.05) is 23.7 Å². The predicted octanol–water partition coefficient (Wildman–Crippen LogP) is 2.71. The first-order chi connectivity index (χ1) is 7.66. The molecule has 0 radical (unpaired) electrons. The Kier molecular flexibility index (Phi) is 2.78. The van der Waals surface area contributed by atoms with Crippen molar-refractivity contribution in [3.63, 3.8) is 0 Å². The molecule has 16 heavy (non-hydrogen) atoms. The molecule has 0 fully saturated rings. The Morgan fingerprint density at radius 2 is 1.94 bits per heavy atom. The summed E-state index contributed by atoms with van der Waals surface area (Å²) in [5.41, 5.74) is 0.591. The molecular weight excluding hydrogens is 230 g/mol. The highest BCUT2D eigenvalue weighted by molar-refractivity contribution is 6.30. The Bertz CT molecular complexity index is 528. The molecule has 0 bridgehead atoms. The summed E-state index contributed by atoms with van der Waals surface area (Å²) in [7, 11) is 0. The quantitative estimate of drug-likeness (QED) is 0.593. The number of hydrogen-bond donors (Lipinski definition) is 0. The normalized spacial score (nSPS) is 10.1. The van der Waals surface area contributed by atoms with Crippen molar-refractivity contribution in [2.45, 2.75) is 0 Å². The van der Waals surface area contributed by atoms with Crippen molar-refractivity contribution < 1.29 is 4.92 Å². The van der Waals surface area contributed by atoms with Gasteiger partial charge in [0.25, 0.3) is 0 Å². The predicted molar refractivity (Wildman–Crippen MR) is 59.1 cm³/mol. The minimum absolute atomic E-state index is 0.134. The van der Waals surface area contributed by atoms with E-state index in [1.165, 1.54) is 12.4 Å². The Labute approximate surface area is 95.9 Å². The largest absolute Gasteiger partial charge is 0.305 e. The zero-order valence-electron chi connectivity index (χ0n) is 8.00. The summed E-state index contributed by atoms with van der Waals surface area (Å²) in [6.45, 7) is 0. The van der Waals surface area contributed by atoms with Gasteiger partial charge in [0, 0.05) is 10.6 Å². The van der Waals surface area contributed by atoms with Gasteiger partial charge in [0.15, 0.2) is 5.82 Å². The zero-order chi connectivity index (χ0) is 11.5. The fourth-order valence-corrected chi connectivity index (χ4v) is 1.38. The summed E-state index contributed by atoms with van der Waals surface area (Å²) in [5, 5.41) is 11.0. The molecule has 5 nitrogen and oxygen atoms in total. The fraction of sp³-hybridized carbons (Fsp3) is 0. The van der Waals surface area contributed by atoms with E-state index in [9.17, 15) is 10.1 Å². The van der Waals surface area contributed by atoms with Crippen LogP contribution in [0.15, 0.2) is 36.7 Å². The average Bonchev–Trinajstić information content (AvgIpc) is 2.29. The molecule has 0 atom stereocenters. The molecule has 6 heteroatoms. The Morgan fingerprint density at radius 1 is 1.25 bits per heavy atom. The van der Waals surface area contributed by atoms with Crippen LogP contribution in [0.3, 0.4) is 0 Å². The van der Waals surface area contributed by atoms with Gasteiger partial charge in [-0.05, 0) is 12.1 Å². The monoisotopic (exact) mass is 235 g/mol. The van der Waals surface area contributed by atoms with Crippen LogP contribution < -0.4 is 0 Å². The number of halogens is 1. The van der Waals surface area contributed by atoms with Crippen LogP contribution in [0.2, 0.25) is 5.02 Å². The zero-order valence-corrected chi connectivity index (χ0v) is 8.76. The SMILES string of the molecule is O=[N+]([O-])c1cnc(-c2cccc(Cl)c2)nc1. The molecule has 0 aliphatic heterocycles. The minimum atomic E-state index is -0.540. The van der Waals surface area contributed by atoms with Gasteiger partial charge in [-0.3, -0.25) is 10.1 Å². The Morgan fingerprint density at radius 3 is 2.50 bits per heavy atom. The van der Waals surface area contributed by atoms with Gasteiger partial charge in [-0.2, -0.15) is 0 Å². The second kappa shape index (κ2) is 4.24. The van der Waals surface area contributed by atoms with E-state index in [0.29, 0.717) is 10.8 Å². The molecule has 0 saturated heterocycles. The average molecular weight is 236 g/mol. The Hall–Kier alpha value is -2.01. The van der Waals surface area contributed by atoms with Crippen molar-refractivity contribution in [1.82, 2.24) is 9.97 Å². The second-order valence-corrected chi connectivity index (χ2v) is 3.47. The highest BCUT2D eigenvalue weighted by atomic mass is 35.5. The van der Waals surface area contributed by atoms with Crippen LogP contribution >= 0.6 is 11.6 Å². The van der Waals surface area contributed by atoms with Gasteiger partial charge < -0.3 is 0 Å². The fourth-order valence-electron chi connectivity index (χ4n) is 1.19. The molecule has 0 amide bonds. The number of nitro groups is 1. The van der Waals surface area contributed by atoms with Crippen molar-refractivity contribution in [3.8, 4) is 11.4 Å². The molecule has 2 aromatic rings. The number of aromatic nitrogens is 2. The van der Waals surface area contributed by atoms with Gasteiger partial charge >= 0.3 is 5.69 Å². The molecule has 2 rings (SSSR count). The summed E-state index contributed by atoms with van der Waals surface area (Å²) < 4.78 is 0. The smallest absolute Gasteiger partial charge is 0.258 e. The molecule has 0 aliphatic rings.